The molecule has 0 atom stereocenters. The van der Waals surface area contributed by atoms with E-state index in [0.717, 1.165) is 23.0 Å². The number of carbonyl (C=O) groups excluding carboxylic acids is 1. The summed E-state index contributed by atoms with van der Waals surface area (Å²) in [4.78, 5) is 14.9. The van der Waals surface area contributed by atoms with Crippen LogP contribution in [0, 0.1) is 0 Å². The number of carbonyl (C=O) groups is 1. The maximum Gasteiger partial charge on any atom is 0.143 e. The average Bonchev–Trinajstić information content (AvgIpc) is 2.47. The summed E-state index contributed by atoms with van der Waals surface area (Å²) in [6, 6.07) is 17.2. The summed E-state index contributed by atoms with van der Waals surface area (Å²) in [6.07, 6.45) is 2.31. The Balaban J connectivity index is 2.62. The highest BCUT2D eigenvalue weighted by Crippen LogP contribution is 2.30. The van der Waals surface area contributed by atoms with E-state index in [2.05, 4.69) is 22.4 Å². The summed E-state index contributed by atoms with van der Waals surface area (Å²) in [5.74, 6) is 0. The monoisotopic (exact) mass is 265 g/mol. The van der Waals surface area contributed by atoms with E-state index in [9.17, 15) is 4.79 Å². The van der Waals surface area contributed by atoms with E-state index in [-0.39, 0.29) is 0 Å². The number of nitrogens with zero attached hydrogens (tertiary/aromatic N) is 1. The molecule has 92 valence electrons. The van der Waals surface area contributed by atoms with Crippen molar-refractivity contribution in [2.24, 2.45) is 4.99 Å². The van der Waals surface area contributed by atoms with Gasteiger partial charge in [-0.15, -0.1) is 0 Å². The minimum absolute atomic E-state index is 0.703. The molecule has 0 saturated carbocycles. The van der Waals surface area contributed by atoms with Gasteiger partial charge in [0.25, 0.3) is 0 Å². The highest BCUT2D eigenvalue weighted by Gasteiger charge is 2.08. The number of benzene rings is 2. The molecule has 0 N–H and O–H groups in total. The van der Waals surface area contributed by atoms with Crippen LogP contribution in [0.2, 0.25) is 0 Å². The van der Waals surface area contributed by atoms with Gasteiger partial charge < -0.3 is 0 Å². The quantitative estimate of drug-likeness (QED) is 0.361. The standard InChI is InChI=1S/C16H11NOS/c18-11-10-14(13-6-2-1-3-7-13)15-8-4-5-9-16(15)17-12-19/h1-11H/b14-10-. The van der Waals surface area contributed by atoms with E-state index in [0.29, 0.717) is 5.69 Å². The van der Waals surface area contributed by atoms with Crippen molar-refractivity contribution in [3.8, 4) is 0 Å². The first kappa shape index (κ1) is 13.1. The lowest BCUT2D eigenvalue weighted by Crippen LogP contribution is -1.89. The van der Waals surface area contributed by atoms with Crippen LogP contribution in [0.15, 0.2) is 65.7 Å². The van der Waals surface area contributed by atoms with Gasteiger partial charge in [-0.25, -0.2) is 0 Å². The highest BCUT2D eigenvalue weighted by molar-refractivity contribution is 7.78. The Morgan fingerprint density at radius 3 is 2.42 bits per heavy atom. The lowest BCUT2D eigenvalue weighted by atomic mass is 9.96. The Hall–Kier alpha value is -2.35. The van der Waals surface area contributed by atoms with Gasteiger partial charge in [-0.05, 0) is 35.5 Å². The summed E-state index contributed by atoms with van der Waals surface area (Å²) in [7, 11) is 0. The molecule has 0 aliphatic carbocycles. The van der Waals surface area contributed by atoms with E-state index in [1.54, 1.807) is 0 Å². The maximum absolute atomic E-state index is 10.9. The zero-order valence-corrected chi connectivity index (χ0v) is 10.9. The van der Waals surface area contributed by atoms with E-state index in [1.807, 2.05) is 54.6 Å². The van der Waals surface area contributed by atoms with Crippen LogP contribution >= 0.6 is 12.2 Å². The first-order valence-electron chi connectivity index (χ1n) is 5.75. The van der Waals surface area contributed by atoms with Crippen LogP contribution in [0.4, 0.5) is 5.69 Å². The summed E-state index contributed by atoms with van der Waals surface area (Å²) in [5, 5.41) is 2.37. The Bertz CT molecular complexity index is 655. The number of thiocarbonyl (C=S) groups is 1. The normalized spacial score (nSPS) is 10.6. The molecule has 0 fully saturated rings. The zero-order valence-electron chi connectivity index (χ0n) is 10.1. The van der Waals surface area contributed by atoms with E-state index >= 15 is 0 Å². The van der Waals surface area contributed by atoms with Crippen molar-refractivity contribution in [1.82, 2.24) is 0 Å². The fraction of sp³-hybridized carbons (Fsp3) is 0. The van der Waals surface area contributed by atoms with Crippen molar-refractivity contribution < 1.29 is 4.79 Å². The van der Waals surface area contributed by atoms with E-state index in [1.165, 1.54) is 6.08 Å². The molecule has 3 heteroatoms. The first-order chi connectivity index (χ1) is 9.36. The molecule has 0 saturated heterocycles. The van der Waals surface area contributed by atoms with Crippen LogP contribution in [-0.4, -0.2) is 11.4 Å². The molecule has 2 rings (SSSR count). The van der Waals surface area contributed by atoms with Gasteiger partial charge in [-0.2, -0.15) is 4.99 Å². The van der Waals surface area contributed by atoms with Crippen molar-refractivity contribution in [3.05, 3.63) is 71.8 Å². The molecule has 0 aliphatic rings. The number of hydrogen-bond donors (Lipinski definition) is 0. The van der Waals surface area contributed by atoms with Gasteiger partial charge in [-0.1, -0.05) is 48.5 Å². The maximum atomic E-state index is 10.9. The topological polar surface area (TPSA) is 29.4 Å². The summed E-state index contributed by atoms with van der Waals surface area (Å²) in [5.41, 5.74) is 3.34. The zero-order chi connectivity index (χ0) is 13.5. The predicted molar refractivity (Wildman–Crippen MR) is 80.7 cm³/mol. The SMILES string of the molecule is O=C/C=C(/c1ccccc1)c1ccccc1N=C=S. The van der Waals surface area contributed by atoms with E-state index < -0.39 is 0 Å². The van der Waals surface area contributed by atoms with Crippen LogP contribution in [0.25, 0.3) is 5.57 Å². The fourth-order valence-electron chi connectivity index (χ4n) is 1.88. The van der Waals surface area contributed by atoms with Gasteiger partial charge in [-0.3, -0.25) is 4.79 Å². The highest BCUT2D eigenvalue weighted by atomic mass is 32.1. The minimum Gasteiger partial charge on any atom is -0.299 e. The number of allylic oxidation sites excluding steroid dienone is 1. The van der Waals surface area contributed by atoms with Gasteiger partial charge in [0.1, 0.15) is 6.29 Å². The van der Waals surface area contributed by atoms with Gasteiger partial charge in [0.05, 0.1) is 10.8 Å². The van der Waals surface area contributed by atoms with Gasteiger partial charge in [0, 0.05) is 5.56 Å². The Morgan fingerprint density at radius 1 is 1.05 bits per heavy atom. The largest absolute Gasteiger partial charge is 0.299 e. The summed E-state index contributed by atoms with van der Waals surface area (Å²) in [6.45, 7) is 0. The van der Waals surface area contributed by atoms with E-state index in [4.69, 9.17) is 0 Å². The number of isothiocyanates is 1. The Kier molecular flexibility index (Phi) is 4.51. The molecule has 0 amide bonds. The van der Waals surface area contributed by atoms with Crippen molar-refractivity contribution in [1.29, 1.82) is 0 Å². The molecular formula is C16H11NOS. The third-order valence-corrected chi connectivity index (χ3v) is 2.77. The molecule has 0 radical (unpaired) electrons. The smallest absolute Gasteiger partial charge is 0.143 e. The molecule has 0 heterocycles. The van der Waals surface area contributed by atoms with Crippen molar-refractivity contribution in [3.63, 3.8) is 0 Å². The molecular weight excluding hydrogens is 254 g/mol. The van der Waals surface area contributed by atoms with Crippen molar-refractivity contribution in [2.75, 3.05) is 0 Å². The second-order valence-electron chi connectivity index (χ2n) is 3.80. The molecule has 2 aromatic rings. The Labute approximate surface area is 117 Å². The van der Waals surface area contributed by atoms with Crippen LogP contribution in [-0.2, 0) is 4.79 Å². The minimum atomic E-state index is 0.703. The third-order valence-electron chi connectivity index (χ3n) is 2.68. The number of rotatable bonds is 4. The van der Waals surface area contributed by atoms with Crippen LogP contribution in [0.5, 0.6) is 0 Å². The second-order valence-corrected chi connectivity index (χ2v) is 3.99. The van der Waals surface area contributed by atoms with Crippen molar-refractivity contribution in [2.45, 2.75) is 0 Å². The number of aliphatic imine (C=N–C) groups is 1. The molecule has 0 bridgehead atoms. The molecule has 0 aromatic heterocycles. The molecule has 2 nitrogen and oxygen atoms in total. The lowest BCUT2D eigenvalue weighted by Gasteiger charge is -2.09. The van der Waals surface area contributed by atoms with Crippen molar-refractivity contribution >= 4 is 34.9 Å². The molecule has 2 aromatic carbocycles. The molecule has 19 heavy (non-hydrogen) atoms. The summed E-state index contributed by atoms with van der Waals surface area (Å²) < 4.78 is 0. The lowest BCUT2D eigenvalue weighted by molar-refractivity contribution is -0.104. The molecule has 0 aliphatic heterocycles. The fourth-order valence-corrected chi connectivity index (χ4v) is 1.97. The van der Waals surface area contributed by atoms with Crippen LogP contribution in [0.1, 0.15) is 11.1 Å². The number of aldehydes is 1. The van der Waals surface area contributed by atoms with Gasteiger partial charge in [0.2, 0.25) is 0 Å². The van der Waals surface area contributed by atoms with Crippen LogP contribution < -0.4 is 0 Å². The average molecular weight is 265 g/mol. The second kappa shape index (κ2) is 6.55. The Morgan fingerprint density at radius 2 is 1.74 bits per heavy atom. The first-order valence-corrected chi connectivity index (χ1v) is 6.16. The van der Waals surface area contributed by atoms with Gasteiger partial charge >= 0.3 is 0 Å². The number of para-hydroxylation sites is 1. The summed E-state index contributed by atoms with van der Waals surface area (Å²) >= 11 is 4.66. The predicted octanol–water partition coefficient (Wildman–Crippen LogP) is 4.05. The number of hydrogen-bond acceptors (Lipinski definition) is 3. The van der Waals surface area contributed by atoms with Crippen LogP contribution in [0.3, 0.4) is 0 Å². The molecule has 0 unspecified atom stereocenters. The molecule has 0 spiro atoms. The third kappa shape index (κ3) is 3.10. The van der Waals surface area contributed by atoms with Gasteiger partial charge in [0.15, 0.2) is 0 Å².